The molecule has 210 valence electrons. The van der Waals surface area contributed by atoms with Crippen molar-refractivity contribution < 1.29 is 9.18 Å². The van der Waals surface area contributed by atoms with Crippen molar-refractivity contribution in [2.45, 2.75) is 26.9 Å². The number of aromatic nitrogens is 1. The lowest BCUT2D eigenvalue weighted by Crippen LogP contribution is -2.49. The van der Waals surface area contributed by atoms with E-state index in [1.165, 1.54) is 22.7 Å². The molecule has 0 N–H and O–H groups in total. The first-order valence-electron chi connectivity index (χ1n) is 13.2. The van der Waals surface area contributed by atoms with Crippen LogP contribution >= 0.6 is 35.6 Å². The summed E-state index contributed by atoms with van der Waals surface area (Å²) in [6, 6.07) is 16.0. The van der Waals surface area contributed by atoms with Gasteiger partial charge in [-0.2, -0.15) is 5.26 Å². The average molecular weight is 608 g/mol. The van der Waals surface area contributed by atoms with Gasteiger partial charge in [0.15, 0.2) is 0 Å². The molecule has 2 aromatic carbocycles. The molecule has 0 spiro atoms. The summed E-state index contributed by atoms with van der Waals surface area (Å²) >= 11 is 13.1. The maximum absolute atomic E-state index is 14.5. The van der Waals surface area contributed by atoms with E-state index in [0.29, 0.717) is 69.6 Å². The van der Waals surface area contributed by atoms with Crippen LogP contribution in [0.3, 0.4) is 0 Å². The summed E-state index contributed by atoms with van der Waals surface area (Å²) in [7, 11) is 0. The van der Waals surface area contributed by atoms with Crippen LogP contribution in [0.4, 0.5) is 15.9 Å². The number of amides is 1. The van der Waals surface area contributed by atoms with Crippen LogP contribution in [0.2, 0.25) is 5.02 Å². The van der Waals surface area contributed by atoms with Crippen LogP contribution in [-0.2, 0) is 17.9 Å². The second kappa shape index (κ2) is 12.1. The van der Waals surface area contributed by atoms with E-state index in [1.807, 2.05) is 36.1 Å². The highest BCUT2D eigenvalue weighted by Crippen LogP contribution is 2.37. The monoisotopic (exact) mass is 607 g/mol. The van der Waals surface area contributed by atoms with Gasteiger partial charge in [-0.15, -0.1) is 0 Å². The number of halogens is 2. The van der Waals surface area contributed by atoms with Crippen LogP contribution in [0.1, 0.15) is 29.2 Å². The standard InChI is InChI=1S/C30H27ClFN5O2S2/c1-3-36-27(35-14-12-34(13-15-35)25-11-7-6-10-24(25)32)21(19(2)22(17-33)28(36)38)16-26-29(39)37(30(40)41-26)18-20-8-4-5-9-23(20)31/h4-11,16H,3,12-15,18H2,1-2H3/b26-16+. The minimum atomic E-state index is -0.373. The number of hydrogen-bond acceptors (Lipinski definition) is 7. The fourth-order valence-electron chi connectivity index (χ4n) is 5.21. The summed E-state index contributed by atoms with van der Waals surface area (Å²) in [5, 5.41) is 10.4. The zero-order chi connectivity index (χ0) is 29.3. The maximum atomic E-state index is 14.5. The van der Waals surface area contributed by atoms with Gasteiger partial charge in [-0.25, -0.2) is 4.39 Å². The Labute approximate surface area is 252 Å². The fraction of sp³-hybridized carbons (Fsp3) is 0.267. The predicted octanol–water partition coefficient (Wildman–Crippen LogP) is 5.57. The molecule has 2 aliphatic heterocycles. The van der Waals surface area contributed by atoms with Crippen molar-refractivity contribution >= 4 is 63.4 Å². The van der Waals surface area contributed by atoms with E-state index in [9.17, 15) is 19.2 Å². The molecule has 0 bridgehead atoms. The van der Waals surface area contributed by atoms with Crippen molar-refractivity contribution in [3.8, 4) is 6.07 Å². The van der Waals surface area contributed by atoms with E-state index >= 15 is 0 Å². The first-order valence-corrected chi connectivity index (χ1v) is 14.8. The van der Waals surface area contributed by atoms with Crippen LogP contribution in [0, 0.1) is 24.1 Å². The lowest BCUT2D eigenvalue weighted by atomic mass is 10.0. The second-order valence-corrected chi connectivity index (χ2v) is 11.8. The van der Waals surface area contributed by atoms with E-state index in [4.69, 9.17) is 23.8 Å². The van der Waals surface area contributed by atoms with Gasteiger partial charge in [0.2, 0.25) is 0 Å². The molecule has 7 nitrogen and oxygen atoms in total. The quantitative estimate of drug-likeness (QED) is 0.268. The highest BCUT2D eigenvalue weighted by molar-refractivity contribution is 8.26. The van der Waals surface area contributed by atoms with Gasteiger partial charge in [-0.05, 0) is 49.2 Å². The van der Waals surface area contributed by atoms with Gasteiger partial charge in [-0.1, -0.05) is 65.9 Å². The molecule has 0 radical (unpaired) electrons. The summed E-state index contributed by atoms with van der Waals surface area (Å²) in [5.74, 6) is 0.0982. The summed E-state index contributed by atoms with van der Waals surface area (Å²) < 4.78 is 16.4. The number of thiocarbonyl (C=S) groups is 1. The molecule has 2 saturated heterocycles. The molecule has 11 heteroatoms. The molecule has 2 fully saturated rings. The highest BCUT2D eigenvalue weighted by Gasteiger charge is 2.34. The average Bonchev–Trinajstić information content (AvgIpc) is 3.23. The number of nitrogens with zero attached hydrogens (tertiary/aromatic N) is 5. The number of para-hydroxylation sites is 1. The summed E-state index contributed by atoms with van der Waals surface area (Å²) in [6.07, 6.45) is 1.74. The van der Waals surface area contributed by atoms with Gasteiger partial charge in [-0.3, -0.25) is 19.1 Å². The van der Waals surface area contributed by atoms with Gasteiger partial charge in [0.25, 0.3) is 11.5 Å². The number of piperazine rings is 1. The Morgan fingerprint density at radius 1 is 1.07 bits per heavy atom. The predicted molar refractivity (Wildman–Crippen MR) is 167 cm³/mol. The molecule has 5 rings (SSSR count). The Kier molecular flexibility index (Phi) is 8.50. The smallest absolute Gasteiger partial charge is 0.270 e. The van der Waals surface area contributed by atoms with Crippen molar-refractivity contribution in [1.82, 2.24) is 9.47 Å². The van der Waals surface area contributed by atoms with Crippen molar-refractivity contribution in [1.29, 1.82) is 5.26 Å². The van der Waals surface area contributed by atoms with Gasteiger partial charge in [0.05, 0.1) is 17.1 Å². The van der Waals surface area contributed by atoms with Gasteiger partial charge in [0.1, 0.15) is 27.6 Å². The normalized spacial score (nSPS) is 16.6. The van der Waals surface area contributed by atoms with E-state index in [2.05, 4.69) is 11.0 Å². The van der Waals surface area contributed by atoms with Crippen molar-refractivity contribution in [3.05, 3.63) is 96.9 Å². The summed E-state index contributed by atoms with van der Waals surface area (Å²) in [4.78, 5) is 32.9. The topological polar surface area (TPSA) is 72.6 Å². The first-order chi connectivity index (χ1) is 19.7. The van der Waals surface area contributed by atoms with Crippen molar-refractivity contribution in [3.63, 3.8) is 0 Å². The summed E-state index contributed by atoms with van der Waals surface area (Å²) in [5.41, 5.74) is 2.12. The molecule has 2 aliphatic rings. The van der Waals surface area contributed by atoms with Crippen molar-refractivity contribution in [2.24, 2.45) is 0 Å². The number of thioether (sulfide) groups is 1. The molecule has 0 saturated carbocycles. The van der Waals surface area contributed by atoms with Crippen LogP contribution in [-0.4, -0.2) is 45.9 Å². The molecular weight excluding hydrogens is 581 g/mol. The number of anilines is 2. The van der Waals surface area contributed by atoms with E-state index in [-0.39, 0.29) is 29.4 Å². The third kappa shape index (κ3) is 5.49. The molecule has 0 unspecified atom stereocenters. The zero-order valence-electron chi connectivity index (χ0n) is 22.6. The third-order valence-electron chi connectivity index (χ3n) is 7.37. The van der Waals surface area contributed by atoms with Crippen LogP contribution in [0.25, 0.3) is 6.08 Å². The SMILES string of the molecule is CCn1c(N2CCN(c3ccccc3F)CC2)c(/C=C2/SC(=S)N(Cc3ccccc3Cl)C2=O)c(C)c(C#N)c1=O. The minimum Gasteiger partial charge on any atom is -0.366 e. The molecule has 41 heavy (non-hydrogen) atoms. The molecular formula is C30H27ClFN5O2S2. The Morgan fingerprint density at radius 3 is 2.39 bits per heavy atom. The van der Waals surface area contributed by atoms with E-state index in [0.717, 1.165) is 5.56 Å². The maximum Gasteiger partial charge on any atom is 0.270 e. The Hall–Kier alpha value is -3.65. The number of benzene rings is 2. The minimum absolute atomic E-state index is 0.0402. The second-order valence-electron chi connectivity index (χ2n) is 9.68. The molecule has 0 aliphatic carbocycles. The Bertz CT molecular complexity index is 1670. The number of carbonyl (C=O) groups excluding carboxylic acids is 1. The lowest BCUT2D eigenvalue weighted by Gasteiger charge is -2.39. The van der Waals surface area contributed by atoms with E-state index in [1.54, 1.807) is 35.8 Å². The number of hydrogen-bond donors (Lipinski definition) is 0. The largest absolute Gasteiger partial charge is 0.366 e. The Balaban J connectivity index is 1.53. The zero-order valence-corrected chi connectivity index (χ0v) is 25.0. The van der Waals surface area contributed by atoms with Crippen LogP contribution < -0.4 is 15.4 Å². The number of nitriles is 1. The van der Waals surface area contributed by atoms with Crippen molar-refractivity contribution in [2.75, 3.05) is 36.0 Å². The molecule has 1 amide bonds. The molecule has 3 aromatic rings. The number of carbonyl (C=O) groups is 1. The van der Waals surface area contributed by atoms with Gasteiger partial charge >= 0.3 is 0 Å². The van der Waals surface area contributed by atoms with E-state index < -0.39 is 0 Å². The molecule has 1 aromatic heterocycles. The molecule has 0 atom stereocenters. The fourth-order valence-corrected chi connectivity index (χ4v) is 6.64. The number of pyridine rings is 1. The van der Waals surface area contributed by atoms with Gasteiger partial charge in [0, 0.05) is 43.3 Å². The van der Waals surface area contributed by atoms with Crippen LogP contribution in [0.5, 0.6) is 0 Å². The first kappa shape index (κ1) is 28.9. The highest BCUT2D eigenvalue weighted by atomic mass is 35.5. The summed E-state index contributed by atoms with van der Waals surface area (Å²) in [6.45, 7) is 6.28. The number of rotatable bonds is 6. The molecule has 3 heterocycles. The Morgan fingerprint density at radius 2 is 1.73 bits per heavy atom. The lowest BCUT2D eigenvalue weighted by molar-refractivity contribution is -0.122. The van der Waals surface area contributed by atoms with Gasteiger partial charge < -0.3 is 9.80 Å². The van der Waals surface area contributed by atoms with Crippen LogP contribution in [0.15, 0.2) is 58.2 Å². The third-order valence-corrected chi connectivity index (χ3v) is 9.12.